The van der Waals surface area contributed by atoms with Gasteiger partial charge >= 0.3 is 6.03 Å². The highest BCUT2D eigenvalue weighted by atomic mass is 16.2. The van der Waals surface area contributed by atoms with E-state index in [2.05, 4.69) is 16.7 Å². The third-order valence-electron chi connectivity index (χ3n) is 6.20. The Hall–Kier alpha value is -3.40. The van der Waals surface area contributed by atoms with E-state index in [4.69, 9.17) is 0 Å². The van der Waals surface area contributed by atoms with E-state index in [9.17, 15) is 19.6 Å². The summed E-state index contributed by atoms with van der Waals surface area (Å²) in [4.78, 5) is 39.2. The first-order valence-corrected chi connectivity index (χ1v) is 10.2. The Labute approximate surface area is 175 Å². The van der Waals surface area contributed by atoms with E-state index in [0.29, 0.717) is 18.4 Å². The van der Waals surface area contributed by atoms with E-state index in [1.165, 1.54) is 0 Å². The van der Waals surface area contributed by atoms with Gasteiger partial charge < -0.3 is 10.6 Å². The summed E-state index contributed by atoms with van der Waals surface area (Å²) in [6, 6.07) is 15.0. The molecule has 0 spiro atoms. The fraction of sp³-hybridized carbons (Fsp3) is 0.391. The molecule has 0 bridgehead atoms. The van der Waals surface area contributed by atoms with Gasteiger partial charge in [-0.1, -0.05) is 55.7 Å². The van der Waals surface area contributed by atoms with Gasteiger partial charge in [0.1, 0.15) is 17.6 Å². The number of amides is 4. The largest absolute Gasteiger partial charge is 0.336 e. The quantitative estimate of drug-likeness (QED) is 0.765. The van der Waals surface area contributed by atoms with Crippen molar-refractivity contribution in [3.05, 3.63) is 48.0 Å². The summed E-state index contributed by atoms with van der Waals surface area (Å²) < 4.78 is 0. The lowest BCUT2D eigenvalue weighted by atomic mass is 9.83. The number of nitriles is 1. The highest BCUT2D eigenvalue weighted by molar-refractivity contribution is 6.09. The van der Waals surface area contributed by atoms with Crippen molar-refractivity contribution in [2.45, 2.75) is 50.1 Å². The predicted molar refractivity (Wildman–Crippen MR) is 111 cm³/mol. The smallest absolute Gasteiger partial charge is 0.325 e. The third-order valence-corrected chi connectivity index (χ3v) is 6.20. The van der Waals surface area contributed by atoms with Gasteiger partial charge in [-0.2, -0.15) is 5.26 Å². The van der Waals surface area contributed by atoms with Gasteiger partial charge in [0.25, 0.3) is 5.91 Å². The number of carbonyl (C=O) groups excluding carboxylic acids is 3. The standard InChI is InChI=1S/C23H24N4O3/c1-22(18-10-9-16-7-3-4-8-17(16)13-18)20(29)27(21(30)26-22)14-19(28)25-23(15-24)11-5-2-6-12-23/h3-4,7-10,13H,2,5-6,11-12,14H2,1H3,(H,25,28)(H,26,30)/t22-/m0/s1. The molecule has 1 heterocycles. The average Bonchev–Trinajstić information content (AvgIpc) is 2.98. The van der Waals surface area contributed by atoms with Crippen molar-refractivity contribution in [1.82, 2.24) is 15.5 Å². The van der Waals surface area contributed by atoms with Crippen molar-refractivity contribution in [3.63, 3.8) is 0 Å². The van der Waals surface area contributed by atoms with Crippen LogP contribution in [-0.2, 0) is 15.1 Å². The van der Waals surface area contributed by atoms with Crippen LogP contribution in [0.2, 0.25) is 0 Å². The normalized spacial score (nSPS) is 23.1. The predicted octanol–water partition coefficient (Wildman–Crippen LogP) is 2.95. The van der Waals surface area contributed by atoms with Crippen LogP contribution in [0.4, 0.5) is 4.79 Å². The van der Waals surface area contributed by atoms with E-state index < -0.39 is 35.5 Å². The molecule has 2 fully saturated rings. The highest BCUT2D eigenvalue weighted by Crippen LogP contribution is 2.31. The minimum atomic E-state index is -1.25. The zero-order valence-electron chi connectivity index (χ0n) is 16.9. The lowest BCUT2D eigenvalue weighted by Crippen LogP contribution is -2.52. The van der Waals surface area contributed by atoms with E-state index in [1.54, 1.807) is 6.92 Å². The van der Waals surface area contributed by atoms with Crippen molar-refractivity contribution in [1.29, 1.82) is 5.26 Å². The van der Waals surface area contributed by atoms with Gasteiger partial charge in [-0.15, -0.1) is 0 Å². The molecule has 0 aromatic heterocycles. The summed E-state index contributed by atoms with van der Waals surface area (Å²) in [5, 5.41) is 17.0. The Morgan fingerprint density at radius 1 is 1.13 bits per heavy atom. The maximum Gasteiger partial charge on any atom is 0.325 e. The molecule has 30 heavy (non-hydrogen) atoms. The Balaban J connectivity index is 1.53. The van der Waals surface area contributed by atoms with Crippen molar-refractivity contribution in [2.75, 3.05) is 6.54 Å². The number of benzene rings is 2. The number of fused-ring (bicyclic) bond motifs is 1. The average molecular weight is 404 g/mol. The molecule has 1 aliphatic carbocycles. The molecule has 1 atom stereocenters. The third kappa shape index (κ3) is 3.39. The van der Waals surface area contributed by atoms with E-state index in [-0.39, 0.29) is 0 Å². The first-order valence-electron chi connectivity index (χ1n) is 10.2. The Morgan fingerprint density at radius 2 is 1.83 bits per heavy atom. The summed E-state index contributed by atoms with van der Waals surface area (Å²) in [5.41, 5.74) is -1.50. The number of hydrogen-bond donors (Lipinski definition) is 2. The molecule has 2 aromatic carbocycles. The van der Waals surface area contributed by atoms with Crippen molar-refractivity contribution < 1.29 is 14.4 Å². The molecular weight excluding hydrogens is 380 g/mol. The molecule has 4 amide bonds. The second kappa shape index (κ2) is 7.45. The summed E-state index contributed by atoms with van der Waals surface area (Å²) in [6.07, 6.45) is 3.96. The summed E-state index contributed by atoms with van der Waals surface area (Å²) in [6.45, 7) is 1.24. The second-order valence-corrected chi connectivity index (χ2v) is 8.31. The molecule has 2 aromatic rings. The fourth-order valence-corrected chi connectivity index (χ4v) is 4.41. The zero-order chi connectivity index (χ0) is 21.4. The first-order chi connectivity index (χ1) is 14.4. The maximum absolute atomic E-state index is 13.1. The summed E-state index contributed by atoms with van der Waals surface area (Å²) >= 11 is 0. The monoisotopic (exact) mass is 404 g/mol. The van der Waals surface area contributed by atoms with E-state index in [0.717, 1.165) is 34.9 Å². The van der Waals surface area contributed by atoms with Gasteiger partial charge in [0, 0.05) is 0 Å². The van der Waals surface area contributed by atoms with Crippen LogP contribution in [0.5, 0.6) is 0 Å². The first kappa shape index (κ1) is 19.9. The SMILES string of the molecule is C[C@@]1(c2ccc3ccccc3c2)NC(=O)N(CC(=O)NC2(C#N)CCCCC2)C1=O. The topological polar surface area (TPSA) is 102 Å². The summed E-state index contributed by atoms with van der Waals surface area (Å²) in [7, 11) is 0. The number of rotatable bonds is 4. The lowest BCUT2D eigenvalue weighted by Gasteiger charge is -2.32. The van der Waals surface area contributed by atoms with E-state index >= 15 is 0 Å². The molecule has 1 saturated carbocycles. The molecule has 2 N–H and O–H groups in total. The number of imide groups is 1. The van der Waals surface area contributed by atoms with Gasteiger partial charge in [-0.25, -0.2) is 4.79 Å². The van der Waals surface area contributed by atoms with Crippen LogP contribution in [-0.4, -0.2) is 34.8 Å². The van der Waals surface area contributed by atoms with Crippen molar-refractivity contribution in [3.8, 4) is 6.07 Å². The minimum Gasteiger partial charge on any atom is -0.336 e. The number of nitrogens with zero attached hydrogens (tertiary/aromatic N) is 2. The van der Waals surface area contributed by atoms with Crippen LogP contribution in [0.15, 0.2) is 42.5 Å². The fourth-order valence-electron chi connectivity index (χ4n) is 4.41. The highest BCUT2D eigenvalue weighted by Gasteiger charge is 2.50. The van der Waals surface area contributed by atoms with Crippen molar-refractivity contribution >= 4 is 28.6 Å². The van der Waals surface area contributed by atoms with E-state index in [1.807, 2.05) is 42.5 Å². The van der Waals surface area contributed by atoms with Gasteiger partial charge in [0.15, 0.2) is 0 Å². The van der Waals surface area contributed by atoms with Gasteiger partial charge in [-0.3, -0.25) is 14.5 Å². The number of hydrogen-bond acceptors (Lipinski definition) is 4. The number of urea groups is 1. The van der Waals surface area contributed by atoms with Gasteiger partial charge in [0.2, 0.25) is 5.91 Å². The Kier molecular flexibility index (Phi) is 4.94. The maximum atomic E-state index is 13.1. The molecule has 7 heteroatoms. The number of nitrogens with one attached hydrogen (secondary N) is 2. The summed E-state index contributed by atoms with van der Waals surface area (Å²) in [5.74, 6) is -0.975. The minimum absolute atomic E-state index is 0.405. The Bertz CT molecular complexity index is 1070. The van der Waals surface area contributed by atoms with Crippen LogP contribution >= 0.6 is 0 Å². The molecule has 0 unspecified atom stereocenters. The molecule has 4 rings (SSSR count). The van der Waals surface area contributed by atoms with Crippen LogP contribution in [0.25, 0.3) is 10.8 Å². The molecule has 1 aliphatic heterocycles. The van der Waals surface area contributed by atoms with Crippen LogP contribution < -0.4 is 10.6 Å². The van der Waals surface area contributed by atoms with Crippen LogP contribution in [0.1, 0.15) is 44.6 Å². The van der Waals surface area contributed by atoms with Gasteiger partial charge in [0.05, 0.1) is 6.07 Å². The van der Waals surface area contributed by atoms with Gasteiger partial charge in [-0.05, 0) is 42.2 Å². The van der Waals surface area contributed by atoms with Crippen LogP contribution in [0.3, 0.4) is 0 Å². The molecular formula is C23H24N4O3. The molecule has 2 aliphatic rings. The molecule has 154 valence electrons. The Morgan fingerprint density at radius 3 is 2.53 bits per heavy atom. The molecule has 0 radical (unpaired) electrons. The second-order valence-electron chi connectivity index (χ2n) is 8.31. The zero-order valence-corrected chi connectivity index (χ0v) is 16.9. The number of carbonyl (C=O) groups is 3. The van der Waals surface area contributed by atoms with Crippen LogP contribution in [0, 0.1) is 11.3 Å². The van der Waals surface area contributed by atoms with Crippen molar-refractivity contribution in [2.24, 2.45) is 0 Å². The molecule has 7 nitrogen and oxygen atoms in total. The lowest BCUT2D eigenvalue weighted by molar-refractivity contribution is -0.135. The molecule has 1 saturated heterocycles.